The van der Waals surface area contributed by atoms with Crippen LogP contribution in [0.5, 0.6) is 5.75 Å². The van der Waals surface area contributed by atoms with Crippen molar-refractivity contribution in [1.29, 1.82) is 0 Å². The van der Waals surface area contributed by atoms with Gasteiger partial charge in [0.25, 0.3) is 0 Å². The molecule has 0 aliphatic carbocycles. The molecule has 0 aliphatic rings. The van der Waals surface area contributed by atoms with Crippen molar-refractivity contribution in [2.75, 3.05) is 13.2 Å². The SMILES string of the molecule is C=CC(=O)OCC(O)CCCCOc1ccc2cc(-c3ccc(C)cc3)oc2c1. The highest BCUT2D eigenvalue weighted by Crippen LogP contribution is 2.30. The van der Waals surface area contributed by atoms with Crippen LogP contribution in [-0.2, 0) is 9.53 Å². The Bertz CT molecular complexity index is 955. The molecule has 3 rings (SSSR count). The predicted octanol–water partition coefficient (Wildman–Crippen LogP) is 5.05. The first-order valence-electron chi connectivity index (χ1n) is 9.76. The summed E-state index contributed by atoms with van der Waals surface area (Å²) >= 11 is 0. The Labute approximate surface area is 170 Å². The van der Waals surface area contributed by atoms with Gasteiger partial charge in [-0.05, 0) is 44.4 Å². The Kier molecular flexibility index (Phi) is 7.09. The number of hydrogen-bond acceptors (Lipinski definition) is 5. The van der Waals surface area contributed by atoms with Crippen LogP contribution in [0.1, 0.15) is 24.8 Å². The Morgan fingerprint density at radius 3 is 2.72 bits per heavy atom. The largest absolute Gasteiger partial charge is 0.493 e. The predicted molar refractivity (Wildman–Crippen MR) is 113 cm³/mol. The van der Waals surface area contributed by atoms with Gasteiger partial charge in [0.2, 0.25) is 0 Å². The molecule has 5 nitrogen and oxygen atoms in total. The lowest BCUT2D eigenvalue weighted by Gasteiger charge is -2.10. The van der Waals surface area contributed by atoms with Crippen molar-refractivity contribution in [3.05, 3.63) is 66.7 Å². The maximum absolute atomic E-state index is 11.0. The Morgan fingerprint density at radius 2 is 1.97 bits per heavy atom. The molecule has 1 atom stereocenters. The van der Waals surface area contributed by atoms with Crippen LogP contribution >= 0.6 is 0 Å². The second kappa shape index (κ2) is 9.94. The molecule has 1 aromatic heterocycles. The summed E-state index contributed by atoms with van der Waals surface area (Å²) in [5, 5.41) is 10.8. The number of rotatable bonds is 10. The zero-order valence-electron chi connectivity index (χ0n) is 16.6. The topological polar surface area (TPSA) is 68.9 Å². The van der Waals surface area contributed by atoms with E-state index < -0.39 is 12.1 Å². The van der Waals surface area contributed by atoms with Gasteiger partial charge in [-0.15, -0.1) is 0 Å². The van der Waals surface area contributed by atoms with E-state index in [2.05, 4.69) is 37.8 Å². The smallest absolute Gasteiger partial charge is 0.330 e. The van der Waals surface area contributed by atoms with Gasteiger partial charge in [-0.25, -0.2) is 4.79 Å². The molecule has 1 N–H and O–H groups in total. The van der Waals surface area contributed by atoms with Crippen LogP contribution in [0.3, 0.4) is 0 Å². The van der Waals surface area contributed by atoms with E-state index in [1.165, 1.54) is 5.56 Å². The number of aliphatic hydroxyl groups is 1. The molecule has 0 aliphatic heterocycles. The first kappa shape index (κ1) is 20.7. The molecule has 0 bridgehead atoms. The third-order valence-electron chi connectivity index (χ3n) is 4.61. The van der Waals surface area contributed by atoms with E-state index in [-0.39, 0.29) is 6.61 Å². The van der Waals surface area contributed by atoms with Crippen molar-refractivity contribution >= 4 is 16.9 Å². The van der Waals surface area contributed by atoms with Gasteiger partial charge < -0.3 is 19.0 Å². The van der Waals surface area contributed by atoms with Crippen LogP contribution in [0.2, 0.25) is 0 Å². The van der Waals surface area contributed by atoms with Crippen molar-refractivity contribution in [2.45, 2.75) is 32.3 Å². The maximum atomic E-state index is 11.0. The van der Waals surface area contributed by atoms with E-state index in [1.54, 1.807) is 0 Å². The third-order valence-corrected chi connectivity index (χ3v) is 4.61. The second-order valence-electron chi connectivity index (χ2n) is 7.01. The van der Waals surface area contributed by atoms with Gasteiger partial charge in [0, 0.05) is 23.1 Å². The molecule has 0 saturated carbocycles. The number of unbranched alkanes of at least 4 members (excludes halogenated alkanes) is 1. The lowest BCUT2D eigenvalue weighted by atomic mass is 10.1. The number of ether oxygens (including phenoxy) is 2. The summed E-state index contributed by atoms with van der Waals surface area (Å²) < 4.78 is 16.6. The van der Waals surface area contributed by atoms with E-state index in [0.29, 0.717) is 13.0 Å². The van der Waals surface area contributed by atoms with Crippen LogP contribution < -0.4 is 4.74 Å². The molecule has 1 unspecified atom stereocenters. The fourth-order valence-electron chi connectivity index (χ4n) is 2.95. The molecule has 1 heterocycles. The average molecular weight is 394 g/mol. The van der Waals surface area contributed by atoms with Crippen molar-refractivity contribution in [3.8, 4) is 17.1 Å². The van der Waals surface area contributed by atoms with E-state index in [0.717, 1.165) is 47.0 Å². The number of esters is 1. The summed E-state index contributed by atoms with van der Waals surface area (Å²) in [5.41, 5.74) is 3.05. The zero-order chi connectivity index (χ0) is 20.6. The normalized spacial score (nSPS) is 11.9. The minimum absolute atomic E-state index is 0.00973. The molecule has 5 heteroatoms. The molecule has 29 heavy (non-hydrogen) atoms. The van der Waals surface area contributed by atoms with Gasteiger partial charge in [-0.1, -0.05) is 36.4 Å². The average Bonchev–Trinajstić information content (AvgIpc) is 3.15. The molecular weight excluding hydrogens is 368 g/mol. The lowest BCUT2D eigenvalue weighted by Crippen LogP contribution is -2.17. The third kappa shape index (κ3) is 5.96. The molecule has 0 amide bonds. The first-order chi connectivity index (χ1) is 14.0. The number of aliphatic hydroxyl groups excluding tert-OH is 1. The standard InChI is InChI=1S/C24H26O5/c1-3-24(26)28-16-20(25)6-4-5-13-27-21-12-11-19-14-22(29-23(19)15-21)18-9-7-17(2)8-10-18/h3,7-12,14-15,20,25H,1,4-6,13,16H2,2H3. The van der Waals surface area contributed by atoms with Crippen LogP contribution in [0, 0.1) is 6.92 Å². The van der Waals surface area contributed by atoms with Crippen LogP contribution in [0.25, 0.3) is 22.3 Å². The van der Waals surface area contributed by atoms with E-state index in [9.17, 15) is 9.90 Å². The zero-order valence-corrected chi connectivity index (χ0v) is 16.6. The Morgan fingerprint density at radius 1 is 1.17 bits per heavy atom. The summed E-state index contributed by atoms with van der Waals surface area (Å²) in [5.74, 6) is 1.07. The van der Waals surface area contributed by atoms with E-state index in [4.69, 9.17) is 13.9 Å². The minimum atomic E-state index is -0.668. The molecule has 3 aromatic rings. The van der Waals surface area contributed by atoms with Gasteiger partial charge in [-0.3, -0.25) is 0 Å². The summed E-state index contributed by atoms with van der Waals surface area (Å²) in [6.45, 7) is 5.90. The van der Waals surface area contributed by atoms with Gasteiger partial charge in [0.1, 0.15) is 23.7 Å². The number of benzene rings is 2. The molecule has 0 fully saturated rings. The highest BCUT2D eigenvalue weighted by Gasteiger charge is 2.09. The first-order valence-corrected chi connectivity index (χ1v) is 9.76. The maximum Gasteiger partial charge on any atom is 0.330 e. The van der Waals surface area contributed by atoms with E-state index in [1.807, 2.05) is 24.3 Å². The summed E-state index contributed by atoms with van der Waals surface area (Å²) in [6.07, 6.45) is 2.52. The molecular formula is C24H26O5. The van der Waals surface area contributed by atoms with E-state index >= 15 is 0 Å². The van der Waals surface area contributed by atoms with Gasteiger partial charge in [0.15, 0.2) is 0 Å². The molecule has 0 saturated heterocycles. The van der Waals surface area contributed by atoms with Gasteiger partial charge >= 0.3 is 5.97 Å². The summed E-state index contributed by atoms with van der Waals surface area (Å²) in [6, 6.07) is 16.1. The Balaban J connectivity index is 1.46. The number of furan rings is 1. The molecule has 152 valence electrons. The van der Waals surface area contributed by atoms with Crippen LogP contribution in [-0.4, -0.2) is 30.4 Å². The Hall–Kier alpha value is -3.05. The van der Waals surface area contributed by atoms with Crippen molar-refractivity contribution in [1.82, 2.24) is 0 Å². The fourth-order valence-corrected chi connectivity index (χ4v) is 2.95. The molecule has 0 spiro atoms. The summed E-state index contributed by atoms with van der Waals surface area (Å²) in [7, 11) is 0. The molecule has 0 radical (unpaired) electrons. The van der Waals surface area contributed by atoms with Crippen molar-refractivity contribution in [2.24, 2.45) is 0 Å². The van der Waals surface area contributed by atoms with Crippen molar-refractivity contribution in [3.63, 3.8) is 0 Å². The van der Waals surface area contributed by atoms with Crippen LogP contribution in [0.4, 0.5) is 0 Å². The summed E-state index contributed by atoms with van der Waals surface area (Å²) in [4.78, 5) is 11.0. The van der Waals surface area contributed by atoms with Gasteiger partial charge in [0.05, 0.1) is 12.7 Å². The highest BCUT2D eigenvalue weighted by molar-refractivity contribution is 5.84. The second-order valence-corrected chi connectivity index (χ2v) is 7.01. The highest BCUT2D eigenvalue weighted by atomic mass is 16.5. The number of fused-ring (bicyclic) bond motifs is 1. The fraction of sp³-hybridized carbons (Fsp3) is 0.292. The van der Waals surface area contributed by atoms with Crippen LogP contribution in [0.15, 0.2) is 65.6 Å². The number of aryl methyl sites for hydroxylation is 1. The van der Waals surface area contributed by atoms with Gasteiger partial charge in [-0.2, -0.15) is 0 Å². The number of carbonyl (C=O) groups is 1. The number of carbonyl (C=O) groups excluding carboxylic acids is 1. The quantitative estimate of drug-likeness (QED) is 0.296. The lowest BCUT2D eigenvalue weighted by molar-refractivity contribution is -0.140. The number of hydrogen-bond donors (Lipinski definition) is 1. The monoisotopic (exact) mass is 394 g/mol. The van der Waals surface area contributed by atoms with Crippen molar-refractivity contribution < 1.29 is 23.8 Å². The minimum Gasteiger partial charge on any atom is -0.493 e. The molecule has 2 aromatic carbocycles.